The molecule has 2 aliphatic heterocycles. The number of hydrogen-bond acceptors (Lipinski definition) is 6. The van der Waals surface area contributed by atoms with Crippen LogP contribution in [0.1, 0.15) is 49.6 Å². The molecule has 164 valence electrons. The summed E-state index contributed by atoms with van der Waals surface area (Å²) in [6, 6.07) is 4.67. The van der Waals surface area contributed by atoms with Crippen LogP contribution in [-0.2, 0) is 19.4 Å². The Kier molecular flexibility index (Phi) is 4.94. The molecule has 0 radical (unpaired) electrons. The third kappa shape index (κ3) is 3.84. The van der Waals surface area contributed by atoms with Crippen LogP contribution in [0.2, 0.25) is 0 Å². The first-order valence-electron chi connectivity index (χ1n) is 11.8. The maximum absolute atomic E-state index is 5.09. The zero-order valence-corrected chi connectivity index (χ0v) is 19.9. The van der Waals surface area contributed by atoms with Crippen molar-refractivity contribution in [2.24, 2.45) is 11.3 Å². The number of fused-ring (bicyclic) bond motifs is 2. The molecule has 2 aromatic rings. The summed E-state index contributed by atoms with van der Waals surface area (Å²) in [6.07, 6.45) is 9.49. The number of aromatic nitrogens is 3. The summed E-state index contributed by atoms with van der Waals surface area (Å²) in [5.74, 6) is 2.62. The Hall–Kier alpha value is -1.73. The van der Waals surface area contributed by atoms with Gasteiger partial charge < -0.3 is 10.2 Å². The average Bonchev–Trinajstić information content (AvgIpc) is 3.41. The Morgan fingerprint density at radius 1 is 1.26 bits per heavy atom. The second-order valence-electron chi connectivity index (χ2n) is 10.2. The van der Waals surface area contributed by atoms with Crippen LogP contribution in [0.3, 0.4) is 0 Å². The summed E-state index contributed by atoms with van der Waals surface area (Å²) in [4.78, 5) is 19.8. The number of halogens is 1. The van der Waals surface area contributed by atoms with Crippen LogP contribution in [0.15, 0.2) is 22.8 Å². The predicted octanol–water partition coefficient (Wildman–Crippen LogP) is 4.05. The number of rotatable bonds is 4. The van der Waals surface area contributed by atoms with Gasteiger partial charge in [-0.2, -0.15) is 4.98 Å². The molecule has 1 spiro atoms. The van der Waals surface area contributed by atoms with Gasteiger partial charge in [0, 0.05) is 48.5 Å². The van der Waals surface area contributed by atoms with Gasteiger partial charge in [-0.3, -0.25) is 9.88 Å². The molecule has 0 amide bonds. The van der Waals surface area contributed by atoms with Crippen LogP contribution in [-0.4, -0.2) is 52.1 Å². The summed E-state index contributed by atoms with van der Waals surface area (Å²) in [7, 11) is 0. The van der Waals surface area contributed by atoms with Crippen LogP contribution in [0.5, 0.6) is 0 Å². The van der Waals surface area contributed by atoms with E-state index in [1.165, 1.54) is 55.8 Å². The maximum atomic E-state index is 5.09. The van der Waals surface area contributed by atoms with Crippen LogP contribution >= 0.6 is 15.9 Å². The lowest BCUT2D eigenvalue weighted by atomic mass is 9.88. The SMILES string of the molecule is CC1CCc2c(nc(NCc3ncccc3Br)nc2N2CCN3CC4(CC4)C[C@H]3C2)C1. The van der Waals surface area contributed by atoms with Crippen molar-refractivity contribution >= 4 is 27.7 Å². The Bertz CT molecular complexity index is 990. The predicted molar refractivity (Wildman–Crippen MR) is 126 cm³/mol. The van der Waals surface area contributed by atoms with E-state index in [1.54, 1.807) is 0 Å². The zero-order valence-electron chi connectivity index (χ0n) is 18.3. The van der Waals surface area contributed by atoms with Gasteiger partial charge in [0.2, 0.25) is 5.95 Å². The topological polar surface area (TPSA) is 57.2 Å². The smallest absolute Gasteiger partial charge is 0.225 e. The van der Waals surface area contributed by atoms with Crippen molar-refractivity contribution in [1.29, 1.82) is 0 Å². The van der Waals surface area contributed by atoms with Gasteiger partial charge >= 0.3 is 0 Å². The minimum absolute atomic E-state index is 0.619. The lowest BCUT2D eigenvalue weighted by Gasteiger charge is -2.39. The van der Waals surface area contributed by atoms with E-state index in [4.69, 9.17) is 9.97 Å². The molecule has 4 aliphatic rings. The Morgan fingerprint density at radius 2 is 2.16 bits per heavy atom. The van der Waals surface area contributed by atoms with Gasteiger partial charge in [-0.05, 0) is 77.9 Å². The minimum atomic E-state index is 0.619. The quantitative estimate of drug-likeness (QED) is 0.709. The number of nitrogens with one attached hydrogen (secondary N) is 1. The van der Waals surface area contributed by atoms with E-state index in [1.807, 2.05) is 18.3 Å². The summed E-state index contributed by atoms with van der Waals surface area (Å²) < 4.78 is 1.01. The van der Waals surface area contributed by atoms with Gasteiger partial charge in [0.1, 0.15) is 5.82 Å². The van der Waals surface area contributed by atoms with E-state index in [0.29, 0.717) is 23.9 Å². The Morgan fingerprint density at radius 3 is 3.00 bits per heavy atom. The van der Waals surface area contributed by atoms with Gasteiger partial charge in [-0.25, -0.2) is 4.98 Å². The van der Waals surface area contributed by atoms with Crippen LogP contribution in [0.4, 0.5) is 11.8 Å². The van der Waals surface area contributed by atoms with Crippen molar-refractivity contribution in [3.8, 4) is 0 Å². The number of anilines is 2. The molecule has 6 nitrogen and oxygen atoms in total. The number of piperazine rings is 1. The molecule has 2 aromatic heterocycles. The number of nitrogens with zero attached hydrogens (tertiary/aromatic N) is 5. The van der Waals surface area contributed by atoms with Crippen molar-refractivity contribution in [3.63, 3.8) is 0 Å². The molecule has 0 bridgehead atoms. The second kappa shape index (κ2) is 7.69. The van der Waals surface area contributed by atoms with Gasteiger partial charge in [-0.1, -0.05) is 6.92 Å². The first kappa shape index (κ1) is 19.9. The van der Waals surface area contributed by atoms with Gasteiger partial charge in [0.15, 0.2) is 0 Å². The van der Waals surface area contributed by atoms with Gasteiger partial charge in [0.25, 0.3) is 0 Å². The number of pyridine rings is 1. The lowest BCUT2D eigenvalue weighted by molar-refractivity contribution is 0.226. The van der Waals surface area contributed by atoms with E-state index in [2.05, 4.69) is 43.0 Å². The highest BCUT2D eigenvalue weighted by atomic mass is 79.9. The minimum Gasteiger partial charge on any atom is -0.353 e. The first-order valence-corrected chi connectivity index (χ1v) is 12.6. The van der Waals surface area contributed by atoms with Crippen molar-refractivity contribution in [1.82, 2.24) is 19.9 Å². The zero-order chi connectivity index (χ0) is 21.0. The van der Waals surface area contributed by atoms with E-state index >= 15 is 0 Å². The van der Waals surface area contributed by atoms with Crippen LogP contribution in [0.25, 0.3) is 0 Å². The molecule has 1 N–H and O–H groups in total. The third-order valence-corrected chi connectivity index (χ3v) is 8.54. The highest BCUT2D eigenvalue weighted by Crippen LogP contribution is 2.55. The maximum Gasteiger partial charge on any atom is 0.225 e. The Labute approximate surface area is 193 Å². The molecule has 2 aliphatic carbocycles. The lowest BCUT2D eigenvalue weighted by Crippen LogP contribution is -2.50. The summed E-state index contributed by atoms with van der Waals surface area (Å²) in [6.45, 7) is 7.66. The second-order valence-corrected chi connectivity index (χ2v) is 11.1. The van der Waals surface area contributed by atoms with Gasteiger partial charge in [0.05, 0.1) is 17.9 Å². The van der Waals surface area contributed by atoms with Crippen molar-refractivity contribution in [3.05, 3.63) is 39.8 Å². The van der Waals surface area contributed by atoms with E-state index in [9.17, 15) is 0 Å². The first-order chi connectivity index (χ1) is 15.1. The molecular formula is C24H31BrN6. The fourth-order valence-corrected chi connectivity index (χ4v) is 6.23. The van der Waals surface area contributed by atoms with Crippen LogP contribution in [0, 0.1) is 11.3 Å². The molecule has 2 saturated heterocycles. The molecule has 31 heavy (non-hydrogen) atoms. The molecule has 1 saturated carbocycles. The molecule has 4 heterocycles. The van der Waals surface area contributed by atoms with E-state index in [-0.39, 0.29) is 0 Å². The largest absolute Gasteiger partial charge is 0.353 e. The standard InChI is InChI=1S/C24H31BrN6/c1-16-4-5-18-20(11-16)28-23(27-13-21-19(25)3-2-8-26-21)29-22(18)30-9-10-31-15-24(6-7-24)12-17(31)14-30/h2-3,8,16-17H,4-7,9-15H2,1H3,(H,27,28,29)/t16?,17-/m0/s1. The molecular weight excluding hydrogens is 452 g/mol. The van der Waals surface area contributed by atoms with Crippen LogP contribution < -0.4 is 10.2 Å². The molecule has 0 aromatic carbocycles. The van der Waals surface area contributed by atoms with Crippen molar-refractivity contribution in [2.75, 3.05) is 36.4 Å². The monoisotopic (exact) mass is 482 g/mol. The molecule has 3 fully saturated rings. The fourth-order valence-electron chi connectivity index (χ4n) is 5.84. The third-order valence-electron chi connectivity index (χ3n) is 7.82. The molecule has 7 heteroatoms. The molecule has 6 rings (SSSR count). The molecule has 1 unspecified atom stereocenters. The highest BCUT2D eigenvalue weighted by Gasteiger charge is 2.53. The Balaban J connectivity index is 1.27. The summed E-state index contributed by atoms with van der Waals surface area (Å²) in [5, 5.41) is 3.46. The van der Waals surface area contributed by atoms with Crippen molar-refractivity contribution < 1.29 is 0 Å². The summed E-state index contributed by atoms with van der Waals surface area (Å²) in [5.41, 5.74) is 4.30. The summed E-state index contributed by atoms with van der Waals surface area (Å²) >= 11 is 3.60. The van der Waals surface area contributed by atoms with Crippen molar-refractivity contribution in [2.45, 2.75) is 58.0 Å². The highest BCUT2D eigenvalue weighted by molar-refractivity contribution is 9.10. The van der Waals surface area contributed by atoms with Gasteiger partial charge in [-0.15, -0.1) is 0 Å². The average molecular weight is 483 g/mol. The molecule has 2 atom stereocenters. The van der Waals surface area contributed by atoms with E-state index in [0.717, 1.165) is 42.0 Å². The fraction of sp³-hybridized carbons (Fsp3) is 0.625. The van der Waals surface area contributed by atoms with E-state index < -0.39 is 0 Å². The number of hydrogen-bond donors (Lipinski definition) is 1. The normalized spacial score (nSPS) is 26.6.